The normalized spacial score (nSPS) is 11.9. The van der Waals surface area contributed by atoms with Crippen LogP contribution in [-0.4, -0.2) is 24.4 Å². The number of nitro benzene ring substituents is 1. The Balaban J connectivity index is 2.79. The molecule has 18 heavy (non-hydrogen) atoms. The zero-order valence-electron chi connectivity index (χ0n) is 10.7. The molecule has 0 aromatic heterocycles. The minimum absolute atomic E-state index is 0.0220. The smallest absolute Gasteiger partial charge is 0.269 e. The Bertz CT molecular complexity index is 460. The molecule has 0 saturated heterocycles. The predicted molar refractivity (Wildman–Crippen MR) is 69.6 cm³/mol. The van der Waals surface area contributed by atoms with Gasteiger partial charge in [0.2, 0.25) is 5.91 Å². The van der Waals surface area contributed by atoms with Crippen LogP contribution in [0.4, 0.5) is 11.4 Å². The highest BCUT2D eigenvalue weighted by Gasteiger charge is 2.14. The van der Waals surface area contributed by atoms with Crippen LogP contribution in [-0.2, 0) is 4.79 Å². The van der Waals surface area contributed by atoms with Gasteiger partial charge in [-0.1, -0.05) is 6.92 Å². The molecule has 0 fully saturated rings. The van der Waals surface area contributed by atoms with Gasteiger partial charge in [-0.15, -0.1) is 0 Å². The summed E-state index contributed by atoms with van der Waals surface area (Å²) in [4.78, 5) is 21.9. The van der Waals surface area contributed by atoms with Crippen molar-refractivity contribution in [3.63, 3.8) is 0 Å². The summed E-state index contributed by atoms with van der Waals surface area (Å²) in [6.45, 7) is 4.12. The summed E-state index contributed by atoms with van der Waals surface area (Å²) in [6.07, 6.45) is 0. The van der Waals surface area contributed by atoms with Crippen LogP contribution in [0.1, 0.15) is 12.5 Å². The summed E-state index contributed by atoms with van der Waals surface area (Å²) in [5.41, 5.74) is 1.30. The monoisotopic (exact) mass is 251 g/mol. The number of carbonyl (C=O) groups excluding carboxylic acids is 1. The van der Waals surface area contributed by atoms with Gasteiger partial charge < -0.3 is 10.6 Å². The van der Waals surface area contributed by atoms with E-state index in [1.165, 1.54) is 12.1 Å². The molecule has 2 N–H and O–H groups in total. The van der Waals surface area contributed by atoms with Gasteiger partial charge in [0.05, 0.1) is 4.92 Å². The van der Waals surface area contributed by atoms with Crippen LogP contribution >= 0.6 is 0 Å². The van der Waals surface area contributed by atoms with Crippen LogP contribution in [0.3, 0.4) is 0 Å². The summed E-state index contributed by atoms with van der Waals surface area (Å²) < 4.78 is 0. The summed E-state index contributed by atoms with van der Waals surface area (Å²) in [5.74, 6) is -0.272. The van der Waals surface area contributed by atoms with Crippen molar-refractivity contribution < 1.29 is 9.72 Å². The first-order chi connectivity index (χ1) is 8.45. The van der Waals surface area contributed by atoms with Gasteiger partial charge in [-0.05, 0) is 25.6 Å². The van der Waals surface area contributed by atoms with E-state index in [1.807, 2.05) is 6.92 Å². The summed E-state index contributed by atoms with van der Waals surface area (Å²) in [7, 11) is 1.78. The van der Waals surface area contributed by atoms with Crippen molar-refractivity contribution >= 4 is 17.3 Å². The number of carbonyl (C=O) groups is 1. The molecule has 0 radical (unpaired) electrons. The Morgan fingerprint density at radius 2 is 2.17 bits per heavy atom. The highest BCUT2D eigenvalue weighted by Crippen LogP contribution is 2.21. The van der Waals surface area contributed by atoms with Crippen molar-refractivity contribution in [2.45, 2.75) is 13.8 Å². The third-order valence-electron chi connectivity index (χ3n) is 2.64. The van der Waals surface area contributed by atoms with E-state index in [4.69, 9.17) is 0 Å². The van der Waals surface area contributed by atoms with Crippen LogP contribution in [0, 0.1) is 23.0 Å². The quantitative estimate of drug-likeness (QED) is 0.616. The number of nitro groups is 1. The second kappa shape index (κ2) is 6.11. The number of amides is 1. The van der Waals surface area contributed by atoms with E-state index in [0.717, 1.165) is 0 Å². The average molecular weight is 251 g/mol. The van der Waals surface area contributed by atoms with Gasteiger partial charge in [0.1, 0.15) is 0 Å². The van der Waals surface area contributed by atoms with Gasteiger partial charge in [0, 0.05) is 30.3 Å². The number of aryl methyl sites for hydroxylation is 1. The summed E-state index contributed by atoms with van der Waals surface area (Å²) in [6, 6.07) is 4.38. The molecule has 1 aromatic carbocycles. The zero-order chi connectivity index (χ0) is 13.7. The first kappa shape index (κ1) is 14.1. The lowest BCUT2D eigenvalue weighted by atomic mass is 10.1. The van der Waals surface area contributed by atoms with E-state index >= 15 is 0 Å². The molecule has 0 saturated carbocycles. The number of hydrogen-bond donors (Lipinski definition) is 2. The van der Waals surface area contributed by atoms with E-state index in [0.29, 0.717) is 17.8 Å². The second-order valence-electron chi connectivity index (χ2n) is 4.20. The maximum atomic E-state index is 11.8. The third kappa shape index (κ3) is 3.53. The molecule has 1 aromatic rings. The largest absolute Gasteiger partial charge is 0.326 e. The van der Waals surface area contributed by atoms with Gasteiger partial charge in [0.15, 0.2) is 0 Å². The fourth-order valence-electron chi connectivity index (χ4n) is 1.56. The van der Waals surface area contributed by atoms with Crippen molar-refractivity contribution in [2.75, 3.05) is 18.9 Å². The van der Waals surface area contributed by atoms with E-state index in [1.54, 1.807) is 20.0 Å². The number of benzene rings is 1. The molecular weight excluding hydrogens is 234 g/mol. The van der Waals surface area contributed by atoms with Crippen LogP contribution in [0.2, 0.25) is 0 Å². The molecule has 6 heteroatoms. The van der Waals surface area contributed by atoms with Gasteiger partial charge >= 0.3 is 0 Å². The number of anilines is 1. The minimum atomic E-state index is -0.456. The molecule has 0 spiro atoms. The van der Waals surface area contributed by atoms with Crippen molar-refractivity contribution in [1.29, 1.82) is 0 Å². The lowest BCUT2D eigenvalue weighted by Gasteiger charge is -2.13. The highest BCUT2D eigenvalue weighted by atomic mass is 16.6. The second-order valence-corrected chi connectivity index (χ2v) is 4.20. The number of rotatable bonds is 5. The van der Waals surface area contributed by atoms with Crippen molar-refractivity contribution in [1.82, 2.24) is 5.32 Å². The number of nitrogens with one attached hydrogen (secondary N) is 2. The van der Waals surface area contributed by atoms with Crippen LogP contribution in [0.5, 0.6) is 0 Å². The number of non-ortho nitro benzene ring substituents is 1. The Morgan fingerprint density at radius 1 is 1.50 bits per heavy atom. The summed E-state index contributed by atoms with van der Waals surface area (Å²) >= 11 is 0. The molecule has 0 aliphatic rings. The molecule has 0 aliphatic carbocycles. The van der Waals surface area contributed by atoms with E-state index in [2.05, 4.69) is 10.6 Å². The fourth-order valence-corrected chi connectivity index (χ4v) is 1.56. The van der Waals surface area contributed by atoms with Crippen LogP contribution < -0.4 is 10.6 Å². The molecule has 1 unspecified atom stereocenters. The lowest BCUT2D eigenvalue weighted by Crippen LogP contribution is -2.28. The fraction of sp³-hybridized carbons (Fsp3) is 0.417. The third-order valence-corrected chi connectivity index (χ3v) is 2.64. The van der Waals surface area contributed by atoms with E-state index in [9.17, 15) is 14.9 Å². The lowest BCUT2D eigenvalue weighted by molar-refractivity contribution is -0.384. The van der Waals surface area contributed by atoms with Crippen molar-refractivity contribution in [3.8, 4) is 0 Å². The van der Waals surface area contributed by atoms with Gasteiger partial charge in [-0.25, -0.2) is 0 Å². The molecule has 0 heterocycles. The number of nitrogens with zero attached hydrogens (tertiary/aromatic N) is 1. The molecule has 0 aliphatic heterocycles. The predicted octanol–water partition coefficient (Wildman–Crippen LogP) is 1.70. The van der Waals surface area contributed by atoms with Crippen LogP contribution in [0.15, 0.2) is 18.2 Å². The Morgan fingerprint density at radius 3 is 2.67 bits per heavy atom. The van der Waals surface area contributed by atoms with E-state index < -0.39 is 4.92 Å². The zero-order valence-corrected chi connectivity index (χ0v) is 10.7. The molecular formula is C12H17N3O3. The van der Waals surface area contributed by atoms with Crippen LogP contribution in [0.25, 0.3) is 0 Å². The Kier molecular flexibility index (Phi) is 4.79. The van der Waals surface area contributed by atoms with E-state index in [-0.39, 0.29) is 17.5 Å². The average Bonchev–Trinajstić information content (AvgIpc) is 2.31. The highest BCUT2D eigenvalue weighted by molar-refractivity contribution is 5.93. The first-order valence-corrected chi connectivity index (χ1v) is 5.66. The standard InChI is InChI=1S/C12H17N3O3/c1-8-6-10(15(17)18)4-5-11(8)14-12(16)9(2)7-13-3/h4-6,9,13H,7H2,1-3H3,(H,14,16). The van der Waals surface area contributed by atoms with Crippen molar-refractivity contribution in [2.24, 2.45) is 5.92 Å². The molecule has 1 amide bonds. The maximum Gasteiger partial charge on any atom is 0.269 e. The van der Waals surface area contributed by atoms with Gasteiger partial charge in [0.25, 0.3) is 5.69 Å². The molecule has 98 valence electrons. The molecule has 6 nitrogen and oxygen atoms in total. The molecule has 1 rings (SSSR count). The topological polar surface area (TPSA) is 84.3 Å². The SMILES string of the molecule is CNCC(C)C(=O)Nc1ccc([N+](=O)[O-])cc1C. The van der Waals surface area contributed by atoms with Gasteiger partial charge in [-0.2, -0.15) is 0 Å². The Labute approximate surface area is 106 Å². The number of hydrogen-bond acceptors (Lipinski definition) is 4. The molecule has 0 bridgehead atoms. The van der Waals surface area contributed by atoms with Gasteiger partial charge in [-0.3, -0.25) is 14.9 Å². The Hall–Kier alpha value is -1.95. The first-order valence-electron chi connectivity index (χ1n) is 5.66. The maximum absolute atomic E-state index is 11.8. The molecule has 1 atom stereocenters. The summed E-state index contributed by atoms with van der Waals surface area (Å²) in [5, 5.41) is 16.3. The minimum Gasteiger partial charge on any atom is -0.326 e. The van der Waals surface area contributed by atoms with Crippen molar-refractivity contribution in [3.05, 3.63) is 33.9 Å².